The van der Waals surface area contributed by atoms with E-state index >= 15 is 0 Å². The molecule has 0 aliphatic carbocycles. The Morgan fingerprint density at radius 3 is 2.91 bits per heavy atom. The number of fused-ring (bicyclic) bond motifs is 1. The molecule has 2 heterocycles. The summed E-state index contributed by atoms with van der Waals surface area (Å²) in [6.07, 6.45) is 0.0440. The van der Waals surface area contributed by atoms with Gasteiger partial charge in [0.1, 0.15) is 5.69 Å². The largest absolute Gasteiger partial charge is 0.481 e. The van der Waals surface area contributed by atoms with Gasteiger partial charge >= 0.3 is 0 Å². The van der Waals surface area contributed by atoms with Crippen molar-refractivity contribution in [3.63, 3.8) is 0 Å². The van der Waals surface area contributed by atoms with E-state index in [2.05, 4.69) is 4.98 Å². The van der Waals surface area contributed by atoms with Gasteiger partial charge in [0.05, 0.1) is 25.9 Å². The molecule has 116 valence electrons. The van der Waals surface area contributed by atoms with Crippen LogP contribution < -0.4 is 4.74 Å². The maximum Gasteiger partial charge on any atom is 0.273 e. The summed E-state index contributed by atoms with van der Waals surface area (Å²) < 4.78 is 10.9. The van der Waals surface area contributed by atoms with Crippen LogP contribution in [-0.2, 0) is 4.74 Å². The maximum atomic E-state index is 12.8. The van der Waals surface area contributed by atoms with E-state index in [0.717, 1.165) is 10.8 Å². The van der Waals surface area contributed by atoms with Crippen LogP contribution in [0, 0.1) is 0 Å². The van der Waals surface area contributed by atoms with Crippen molar-refractivity contribution in [1.82, 2.24) is 9.88 Å². The molecule has 3 rings (SSSR count). The lowest BCUT2D eigenvalue weighted by Gasteiger charge is -2.36. The number of benzene rings is 1. The van der Waals surface area contributed by atoms with Crippen molar-refractivity contribution in [2.75, 3.05) is 20.3 Å². The van der Waals surface area contributed by atoms with Crippen LogP contribution in [0.2, 0.25) is 0 Å². The molecule has 1 aliphatic rings. The second-order valence-corrected chi connectivity index (χ2v) is 5.69. The average molecular weight is 300 g/mol. The Hall–Kier alpha value is -2.14. The molecule has 1 aromatic carbocycles. The standard InChI is InChI=1S/C17H20N2O3/c1-11-10-22-12(2)9-19(11)17(20)15-8-13-6-4-5-7-14(13)16(18-15)21-3/h4-8,11-12H,9-10H2,1-3H3. The SMILES string of the molecule is COc1nc(C(=O)N2CC(C)OCC2C)cc2ccccc12. The van der Waals surface area contributed by atoms with Crippen LogP contribution in [0.4, 0.5) is 0 Å². The predicted molar refractivity (Wildman–Crippen MR) is 84.2 cm³/mol. The smallest absolute Gasteiger partial charge is 0.273 e. The highest BCUT2D eigenvalue weighted by Crippen LogP contribution is 2.25. The first-order valence-corrected chi connectivity index (χ1v) is 7.46. The number of amides is 1. The molecule has 0 radical (unpaired) electrons. The van der Waals surface area contributed by atoms with E-state index in [4.69, 9.17) is 9.47 Å². The number of methoxy groups -OCH3 is 1. The highest BCUT2D eigenvalue weighted by atomic mass is 16.5. The molecule has 1 aliphatic heterocycles. The minimum atomic E-state index is -0.0771. The summed E-state index contributed by atoms with van der Waals surface area (Å²) in [5, 5.41) is 1.86. The summed E-state index contributed by atoms with van der Waals surface area (Å²) in [6.45, 7) is 5.09. The van der Waals surface area contributed by atoms with Gasteiger partial charge < -0.3 is 14.4 Å². The number of morpholine rings is 1. The molecule has 1 amide bonds. The Labute approximate surface area is 129 Å². The fourth-order valence-electron chi connectivity index (χ4n) is 2.77. The van der Waals surface area contributed by atoms with Crippen molar-refractivity contribution in [3.8, 4) is 5.88 Å². The first-order valence-electron chi connectivity index (χ1n) is 7.46. The molecule has 22 heavy (non-hydrogen) atoms. The number of pyridine rings is 1. The van der Waals surface area contributed by atoms with E-state index in [1.54, 1.807) is 7.11 Å². The van der Waals surface area contributed by atoms with Crippen LogP contribution in [0.3, 0.4) is 0 Å². The van der Waals surface area contributed by atoms with E-state index in [9.17, 15) is 4.79 Å². The summed E-state index contributed by atoms with van der Waals surface area (Å²) >= 11 is 0. The number of hydrogen-bond acceptors (Lipinski definition) is 4. The first kappa shape index (κ1) is 14.8. The third-order valence-electron chi connectivity index (χ3n) is 3.99. The molecular weight excluding hydrogens is 280 g/mol. The van der Waals surface area contributed by atoms with Crippen molar-refractivity contribution in [3.05, 3.63) is 36.0 Å². The lowest BCUT2D eigenvalue weighted by molar-refractivity contribution is -0.0389. The van der Waals surface area contributed by atoms with Gasteiger partial charge in [-0.1, -0.05) is 18.2 Å². The highest BCUT2D eigenvalue weighted by molar-refractivity contribution is 5.98. The van der Waals surface area contributed by atoms with Crippen LogP contribution in [-0.4, -0.2) is 48.2 Å². The monoisotopic (exact) mass is 300 g/mol. The van der Waals surface area contributed by atoms with Gasteiger partial charge in [-0.05, 0) is 31.4 Å². The molecule has 5 heteroatoms. The highest BCUT2D eigenvalue weighted by Gasteiger charge is 2.29. The van der Waals surface area contributed by atoms with Gasteiger partial charge in [0.2, 0.25) is 5.88 Å². The van der Waals surface area contributed by atoms with Crippen molar-refractivity contribution < 1.29 is 14.3 Å². The van der Waals surface area contributed by atoms with E-state index in [1.807, 2.05) is 49.1 Å². The Balaban J connectivity index is 2.00. The van der Waals surface area contributed by atoms with E-state index < -0.39 is 0 Å². The number of hydrogen-bond donors (Lipinski definition) is 0. The Kier molecular flexibility index (Phi) is 3.98. The topological polar surface area (TPSA) is 51.7 Å². The average Bonchev–Trinajstić information content (AvgIpc) is 2.55. The van der Waals surface area contributed by atoms with Gasteiger partial charge in [0, 0.05) is 11.9 Å². The van der Waals surface area contributed by atoms with Crippen LogP contribution in [0.15, 0.2) is 30.3 Å². The Morgan fingerprint density at radius 2 is 2.14 bits per heavy atom. The molecule has 5 nitrogen and oxygen atoms in total. The lowest BCUT2D eigenvalue weighted by atomic mass is 10.1. The lowest BCUT2D eigenvalue weighted by Crippen LogP contribution is -2.50. The zero-order chi connectivity index (χ0) is 15.7. The predicted octanol–water partition coefficient (Wildman–Crippen LogP) is 2.49. The molecule has 0 spiro atoms. The van der Waals surface area contributed by atoms with E-state index in [0.29, 0.717) is 24.7 Å². The number of nitrogens with zero attached hydrogens (tertiary/aromatic N) is 2. The number of aromatic nitrogens is 1. The minimum Gasteiger partial charge on any atom is -0.481 e. The van der Waals surface area contributed by atoms with Crippen molar-refractivity contribution in [2.45, 2.75) is 26.0 Å². The molecule has 2 aromatic rings. The van der Waals surface area contributed by atoms with Gasteiger partial charge in [0.25, 0.3) is 5.91 Å². The quantitative estimate of drug-likeness (QED) is 0.855. The Morgan fingerprint density at radius 1 is 1.36 bits per heavy atom. The maximum absolute atomic E-state index is 12.8. The van der Waals surface area contributed by atoms with E-state index in [-0.39, 0.29) is 18.1 Å². The summed E-state index contributed by atoms with van der Waals surface area (Å²) in [5.41, 5.74) is 0.413. The van der Waals surface area contributed by atoms with Crippen LogP contribution >= 0.6 is 0 Å². The van der Waals surface area contributed by atoms with Crippen LogP contribution in [0.5, 0.6) is 5.88 Å². The van der Waals surface area contributed by atoms with E-state index in [1.165, 1.54) is 0 Å². The van der Waals surface area contributed by atoms with Crippen LogP contribution in [0.25, 0.3) is 10.8 Å². The summed E-state index contributed by atoms with van der Waals surface area (Å²) in [7, 11) is 1.57. The van der Waals surface area contributed by atoms with Crippen molar-refractivity contribution in [1.29, 1.82) is 0 Å². The third kappa shape index (κ3) is 2.64. The second kappa shape index (κ2) is 5.93. The summed E-state index contributed by atoms with van der Waals surface area (Å²) in [4.78, 5) is 19.0. The molecule has 0 saturated carbocycles. The molecule has 2 atom stereocenters. The normalized spacial score (nSPS) is 21.9. The summed E-state index contributed by atoms with van der Waals surface area (Å²) in [5.74, 6) is 0.405. The summed E-state index contributed by atoms with van der Waals surface area (Å²) in [6, 6.07) is 9.64. The molecule has 2 unspecified atom stereocenters. The number of carbonyl (C=O) groups excluding carboxylic acids is 1. The van der Waals surface area contributed by atoms with Gasteiger partial charge in [-0.15, -0.1) is 0 Å². The number of ether oxygens (including phenoxy) is 2. The van der Waals surface area contributed by atoms with Crippen molar-refractivity contribution >= 4 is 16.7 Å². The molecule has 1 aromatic heterocycles. The fraction of sp³-hybridized carbons (Fsp3) is 0.412. The zero-order valence-electron chi connectivity index (χ0n) is 13.1. The molecule has 1 saturated heterocycles. The zero-order valence-corrected chi connectivity index (χ0v) is 13.1. The van der Waals surface area contributed by atoms with Crippen molar-refractivity contribution in [2.24, 2.45) is 0 Å². The molecule has 0 N–H and O–H groups in total. The van der Waals surface area contributed by atoms with Gasteiger partial charge in [-0.25, -0.2) is 4.98 Å². The fourth-order valence-corrected chi connectivity index (χ4v) is 2.77. The molecule has 0 bridgehead atoms. The minimum absolute atomic E-state index is 0.0440. The van der Waals surface area contributed by atoms with Gasteiger partial charge in [-0.3, -0.25) is 4.79 Å². The number of rotatable bonds is 2. The second-order valence-electron chi connectivity index (χ2n) is 5.69. The van der Waals surface area contributed by atoms with Gasteiger partial charge in [0.15, 0.2) is 0 Å². The van der Waals surface area contributed by atoms with Gasteiger partial charge in [-0.2, -0.15) is 0 Å². The number of carbonyl (C=O) groups is 1. The molecule has 1 fully saturated rings. The third-order valence-corrected chi connectivity index (χ3v) is 3.99. The Bertz CT molecular complexity index is 701. The van der Waals surface area contributed by atoms with Crippen LogP contribution in [0.1, 0.15) is 24.3 Å². The first-order chi connectivity index (χ1) is 10.6. The molecular formula is C17H20N2O3.